The summed E-state index contributed by atoms with van der Waals surface area (Å²) in [6.45, 7) is 4.77. The van der Waals surface area contributed by atoms with Gasteiger partial charge in [0.15, 0.2) is 0 Å². The Morgan fingerprint density at radius 3 is 2.72 bits per heavy atom. The Hall–Kier alpha value is -1.55. The molecule has 2 N–H and O–H groups in total. The number of nitrogens with zero attached hydrogens (tertiary/aromatic N) is 1. The molecule has 0 aliphatic heterocycles. The molecule has 1 aromatic rings. The molecular weight excluding hydrogens is 228 g/mol. The van der Waals surface area contributed by atoms with Crippen molar-refractivity contribution in [2.75, 3.05) is 20.7 Å². The maximum absolute atomic E-state index is 12.0. The van der Waals surface area contributed by atoms with Crippen molar-refractivity contribution in [3.8, 4) is 5.75 Å². The van der Waals surface area contributed by atoms with Crippen molar-refractivity contribution >= 4 is 5.91 Å². The van der Waals surface area contributed by atoms with Gasteiger partial charge in [0.2, 0.25) is 5.91 Å². The molecule has 4 heteroatoms. The molecule has 0 saturated heterocycles. The zero-order chi connectivity index (χ0) is 13.7. The fourth-order valence-corrected chi connectivity index (χ4v) is 1.84. The van der Waals surface area contributed by atoms with Gasteiger partial charge in [-0.25, -0.2) is 0 Å². The molecule has 0 heterocycles. The molecule has 1 atom stereocenters. The molecule has 1 unspecified atom stereocenters. The number of hydrogen-bond donors (Lipinski definition) is 1. The molecule has 1 rings (SSSR count). The molecule has 0 spiro atoms. The van der Waals surface area contributed by atoms with Crippen LogP contribution in [0.2, 0.25) is 0 Å². The van der Waals surface area contributed by atoms with Crippen LogP contribution in [0.25, 0.3) is 0 Å². The van der Waals surface area contributed by atoms with Gasteiger partial charge < -0.3 is 15.4 Å². The molecular formula is C14H22N2O2. The molecule has 0 fully saturated rings. The standard InChI is InChI=1S/C14H22N2O2/c1-10-5-6-13(18-4)12(7-10)9-16(3)14(17)11(2)8-15/h5-7,11H,8-9,15H2,1-4H3. The summed E-state index contributed by atoms with van der Waals surface area (Å²) in [6, 6.07) is 5.96. The summed E-state index contributed by atoms with van der Waals surface area (Å²) < 4.78 is 5.31. The van der Waals surface area contributed by atoms with Gasteiger partial charge in [-0.2, -0.15) is 0 Å². The Balaban J connectivity index is 2.83. The molecule has 0 bridgehead atoms. The minimum atomic E-state index is -0.147. The number of rotatable bonds is 5. The summed E-state index contributed by atoms with van der Waals surface area (Å²) >= 11 is 0. The van der Waals surface area contributed by atoms with E-state index in [2.05, 4.69) is 0 Å². The third kappa shape index (κ3) is 3.47. The van der Waals surface area contributed by atoms with E-state index in [1.165, 1.54) is 0 Å². The number of benzene rings is 1. The zero-order valence-electron chi connectivity index (χ0n) is 11.6. The lowest BCUT2D eigenvalue weighted by atomic mass is 10.1. The predicted octanol–water partition coefficient (Wildman–Crippen LogP) is 1.56. The Labute approximate surface area is 109 Å². The van der Waals surface area contributed by atoms with Gasteiger partial charge in [0.1, 0.15) is 5.75 Å². The number of ether oxygens (including phenoxy) is 1. The summed E-state index contributed by atoms with van der Waals surface area (Å²) in [7, 11) is 3.43. The van der Waals surface area contributed by atoms with E-state index in [9.17, 15) is 4.79 Å². The Morgan fingerprint density at radius 2 is 2.17 bits per heavy atom. The topological polar surface area (TPSA) is 55.6 Å². The third-order valence-electron chi connectivity index (χ3n) is 2.99. The first kappa shape index (κ1) is 14.5. The van der Waals surface area contributed by atoms with Gasteiger partial charge in [0.25, 0.3) is 0 Å². The quantitative estimate of drug-likeness (QED) is 0.862. The number of methoxy groups -OCH3 is 1. The van der Waals surface area contributed by atoms with E-state index >= 15 is 0 Å². The zero-order valence-corrected chi connectivity index (χ0v) is 11.6. The monoisotopic (exact) mass is 250 g/mol. The number of carbonyl (C=O) groups is 1. The second-order valence-electron chi connectivity index (χ2n) is 4.65. The van der Waals surface area contributed by atoms with Gasteiger partial charge >= 0.3 is 0 Å². The number of hydrogen-bond acceptors (Lipinski definition) is 3. The summed E-state index contributed by atoms with van der Waals surface area (Å²) in [6.07, 6.45) is 0. The predicted molar refractivity (Wildman–Crippen MR) is 72.4 cm³/mol. The average Bonchev–Trinajstić information content (AvgIpc) is 2.37. The molecule has 0 aliphatic carbocycles. The molecule has 0 aliphatic rings. The van der Waals surface area contributed by atoms with E-state index < -0.39 is 0 Å². The maximum atomic E-state index is 12.0. The van der Waals surface area contributed by atoms with Crippen LogP contribution in [0.4, 0.5) is 0 Å². The highest BCUT2D eigenvalue weighted by Gasteiger charge is 2.17. The van der Waals surface area contributed by atoms with Crippen molar-refractivity contribution < 1.29 is 9.53 Å². The van der Waals surface area contributed by atoms with Crippen molar-refractivity contribution in [2.45, 2.75) is 20.4 Å². The van der Waals surface area contributed by atoms with Crippen LogP contribution in [0, 0.1) is 12.8 Å². The van der Waals surface area contributed by atoms with Crippen molar-refractivity contribution in [3.63, 3.8) is 0 Å². The van der Waals surface area contributed by atoms with Gasteiger partial charge in [0, 0.05) is 31.6 Å². The first-order valence-electron chi connectivity index (χ1n) is 6.08. The van der Waals surface area contributed by atoms with Crippen LogP contribution >= 0.6 is 0 Å². The first-order valence-corrected chi connectivity index (χ1v) is 6.08. The molecule has 1 aromatic carbocycles. The number of aryl methyl sites for hydroxylation is 1. The second kappa shape index (κ2) is 6.40. The van der Waals surface area contributed by atoms with E-state index in [0.29, 0.717) is 13.1 Å². The molecule has 100 valence electrons. The molecule has 1 amide bonds. The Kier molecular flexibility index (Phi) is 5.16. The minimum absolute atomic E-state index is 0.0565. The van der Waals surface area contributed by atoms with Crippen LogP contribution in [0.5, 0.6) is 5.75 Å². The Bertz CT molecular complexity index is 418. The number of amides is 1. The van der Waals surface area contributed by atoms with E-state index in [4.69, 9.17) is 10.5 Å². The summed E-state index contributed by atoms with van der Waals surface area (Å²) in [5.41, 5.74) is 7.68. The molecule has 0 aromatic heterocycles. The SMILES string of the molecule is COc1ccc(C)cc1CN(C)C(=O)C(C)CN. The first-order chi connectivity index (χ1) is 8.49. The Morgan fingerprint density at radius 1 is 1.50 bits per heavy atom. The summed E-state index contributed by atoms with van der Waals surface area (Å²) in [4.78, 5) is 13.7. The number of carbonyl (C=O) groups excluding carboxylic acids is 1. The van der Waals surface area contributed by atoms with Crippen LogP contribution in [0.1, 0.15) is 18.1 Å². The lowest BCUT2D eigenvalue weighted by Crippen LogP contribution is -2.34. The maximum Gasteiger partial charge on any atom is 0.226 e. The highest BCUT2D eigenvalue weighted by Crippen LogP contribution is 2.21. The summed E-state index contributed by atoms with van der Waals surface area (Å²) in [5, 5.41) is 0. The van der Waals surface area contributed by atoms with Crippen LogP contribution in [-0.2, 0) is 11.3 Å². The molecule has 18 heavy (non-hydrogen) atoms. The van der Waals surface area contributed by atoms with Crippen molar-refractivity contribution in [2.24, 2.45) is 11.7 Å². The van der Waals surface area contributed by atoms with Crippen molar-refractivity contribution in [1.29, 1.82) is 0 Å². The average molecular weight is 250 g/mol. The van der Waals surface area contributed by atoms with Gasteiger partial charge in [-0.15, -0.1) is 0 Å². The lowest BCUT2D eigenvalue weighted by Gasteiger charge is -2.22. The highest BCUT2D eigenvalue weighted by atomic mass is 16.5. The lowest BCUT2D eigenvalue weighted by molar-refractivity contribution is -0.133. The van der Waals surface area contributed by atoms with Crippen molar-refractivity contribution in [3.05, 3.63) is 29.3 Å². The van der Waals surface area contributed by atoms with E-state index in [1.807, 2.05) is 32.0 Å². The van der Waals surface area contributed by atoms with Gasteiger partial charge in [-0.3, -0.25) is 4.79 Å². The number of nitrogens with two attached hydrogens (primary N) is 1. The van der Waals surface area contributed by atoms with Crippen LogP contribution in [-0.4, -0.2) is 31.5 Å². The minimum Gasteiger partial charge on any atom is -0.496 e. The largest absolute Gasteiger partial charge is 0.496 e. The molecule has 0 saturated carbocycles. The highest BCUT2D eigenvalue weighted by molar-refractivity contribution is 5.78. The fraction of sp³-hybridized carbons (Fsp3) is 0.500. The van der Waals surface area contributed by atoms with Crippen LogP contribution in [0.15, 0.2) is 18.2 Å². The third-order valence-corrected chi connectivity index (χ3v) is 2.99. The van der Waals surface area contributed by atoms with E-state index in [0.717, 1.165) is 16.9 Å². The van der Waals surface area contributed by atoms with Crippen LogP contribution < -0.4 is 10.5 Å². The van der Waals surface area contributed by atoms with E-state index in [-0.39, 0.29) is 11.8 Å². The van der Waals surface area contributed by atoms with Crippen molar-refractivity contribution in [1.82, 2.24) is 4.90 Å². The molecule has 4 nitrogen and oxygen atoms in total. The second-order valence-corrected chi connectivity index (χ2v) is 4.65. The van der Waals surface area contributed by atoms with Gasteiger partial charge in [-0.1, -0.05) is 24.6 Å². The van der Waals surface area contributed by atoms with Crippen LogP contribution in [0.3, 0.4) is 0 Å². The smallest absolute Gasteiger partial charge is 0.226 e. The van der Waals surface area contributed by atoms with Gasteiger partial charge in [-0.05, 0) is 13.0 Å². The summed E-state index contributed by atoms with van der Waals surface area (Å²) in [5.74, 6) is 0.715. The van der Waals surface area contributed by atoms with E-state index in [1.54, 1.807) is 19.1 Å². The normalized spacial score (nSPS) is 12.1. The fourth-order valence-electron chi connectivity index (χ4n) is 1.84. The molecule has 0 radical (unpaired) electrons. The van der Waals surface area contributed by atoms with Gasteiger partial charge in [0.05, 0.1) is 7.11 Å².